The van der Waals surface area contributed by atoms with Crippen molar-refractivity contribution in [3.05, 3.63) is 29.8 Å². The minimum absolute atomic E-state index is 0.109. The van der Waals surface area contributed by atoms with Gasteiger partial charge in [0.05, 0.1) is 12.6 Å². The number of nitrogens with two attached hydrogens (primary N) is 1. The number of likely N-dealkylation sites (tertiary alicyclic amines) is 1. The summed E-state index contributed by atoms with van der Waals surface area (Å²) >= 11 is 0. The lowest BCUT2D eigenvalue weighted by atomic mass is 9.97. The number of benzene rings is 1. The first-order valence-electron chi connectivity index (χ1n) is 10.8. The Balaban J connectivity index is 1.92. The number of nitrogens with one attached hydrogen (secondary N) is 2. The van der Waals surface area contributed by atoms with Gasteiger partial charge in [-0.1, -0.05) is 32.4 Å². The van der Waals surface area contributed by atoms with E-state index in [4.69, 9.17) is 5.73 Å². The molecule has 1 heterocycles. The number of phenols is 1. The van der Waals surface area contributed by atoms with Crippen molar-refractivity contribution >= 4 is 23.7 Å². The highest BCUT2D eigenvalue weighted by Gasteiger charge is 2.39. The Kier molecular flexibility index (Phi) is 9.01. The van der Waals surface area contributed by atoms with E-state index in [9.17, 15) is 29.4 Å². The van der Waals surface area contributed by atoms with Crippen molar-refractivity contribution in [3.63, 3.8) is 0 Å². The van der Waals surface area contributed by atoms with Crippen LogP contribution >= 0.6 is 0 Å². The van der Waals surface area contributed by atoms with Crippen LogP contribution in [0.4, 0.5) is 0 Å². The molecular weight excluding hydrogens is 416 g/mol. The zero-order valence-corrected chi connectivity index (χ0v) is 18.4. The number of hydrogen-bond donors (Lipinski definition) is 5. The monoisotopic (exact) mass is 448 g/mol. The molecule has 32 heavy (non-hydrogen) atoms. The van der Waals surface area contributed by atoms with E-state index in [1.807, 2.05) is 6.92 Å². The van der Waals surface area contributed by atoms with Crippen LogP contribution in [0.2, 0.25) is 0 Å². The molecule has 2 rings (SSSR count). The first-order valence-corrected chi connectivity index (χ1v) is 10.8. The summed E-state index contributed by atoms with van der Waals surface area (Å²) in [7, 11) is 0. The van der Waals surface area contributed by atoms with E-state index in [1.165, 1.54) is 17.0 Å². The number of rotatable bonds is 10. The van der Waals surface area contributed by atoms with Gasteiger partial charge >= 0.3 is 5.97 Å². The van der Waals surface area contributed by atoms with Gasteiger partial charge in [-0.25, -0.2) is 4.79 Å². The number of aliphatic carboxylic acids is 1. The third-order valence-corrected chi connectivity index (χ3v) is 5.77. The summed E-state index contributed by atoms with van der Waals surface area (Å²) in [6.07, 6.45) is 1.81. The Hall–Kier alpha value is -3.14. The van der Waals surface area contributed by atoms with Crippen LogP contribution in [0.15, 0.2) is 24.3 Å². The Morgan fingerprint density at radius 2 is 1.88 bits per heavy atom. The maximum atomic E-state index is 13.0. The van der Waals surface area contributed by atoms with Crippen molar-refractivity contribution in [1.82, 2.24) is 15.5 Å². The molecule has 10 nitrogen and oxygen atoms in total. The number of carbonyl (C=O) groups is 4. The van der Waals surface area contributed by atoms with Crippen molar-refractivity contribution in [2.75, 3.05) is 13.1 Å². The highest BCUT2D eigenvalue weighted by Crippen LogP contribution is 2.21. The minimum Gasteiger partial charge on any atom is -0.508 e. The number of amides is 3. The molecule has 0 aliphatic carbocycles. The molecule has 1 aromatic rings. The standard InChI is InChI=1S/C22H32N4O6/c1-3-13(2)19(21(30)26-10-4-5-17(26)22(31)32)25-18(28)12-24-20(29)16(23)11-14-6-8-15(27)9-7-14/h6-9,13,16-17,19,27H,3-5,10-12,23H2,1-2H3,(H,24,29)(H,25,28)(H,31,32). The van der Waals surface area contributed by atoms with Crippen LogP contribution in [-0.2, 0) is 25.6 Å². The zero-order chi connectivity index (χ0) is 23.8. The topological polar surface area (TPSA) is 162 Å². The van der Waals surface area contributed by atoms with Gasteiger partial charge in [-0.05, 0) is 42.9 Å². The second-order valence-corrected chi connectivity index (χ2v) is 8.15. The number of phenolic OH excluding ortho intramolecular Hbond substituents is 1. The van der Waals surface area contributed by atoms with Crippen LogP contribution in [-0.4, -0.2) is 70.0 Å². The average molecular weight is 449 g/mol. The first-order chi connectivity index (χ1) is 15.1. The maximum Gasteiger partial charge on any atom is 0.326 e. The quantitative estimate of drug-likeness (QED) is 0.336. The van der Waals surface area contributed by atoms with E-state index in [1.54, 1.807) is 19.1 Å². The summed E-state index contributed by atoms with van der Waals surface area (Å²) in [5.74, 6) is -2.66. The third-order valence-electron chi connectivity index (χ3n) is 5.77. The Morgan fingerprint density at radius 3 is 2.47 bits per heavy atom. The summed E-state index contributed by atoms with van der Waals surface area (Å²) in [4.78, 5) is 50.4. The lowest BCUT2D eigenvalue weighted by Crippen LogP contribution is -2.56. The third kappa shape index (κ3) is 6.68. The lowest BCUT2D eigenvalue weighted by molar-refractivity contribution is -0.150. The van der Waals surface area contributed by atoms with Gasteiger partial charge in [-0.15, -0.1) is 0 Å². The smallest absolute Gasteiger partial charge is 0.326 e. The van der Waals surface area contributed by atoms with Crippen LogP contribution in [0.5, 0.6) is 5.75 Å². The number of aromatic hydroxyl groups is 1. The highest BCUT2D eigenvalue weighted by atomic mass is 16.4. The largest absolute Gasteiger partial charge is 0.508 e. The second-order valence-electron chi connectivity index (χ2n) is 8.15. The normalized spacial score (nSPS) is 18.5. The Labute approximate surface area is 187 Å². The molecule has 1 aliphatic heterocycles. The van der Waals surface area contributed by atoms with Crippen molar-refractivity contribution in [2.45, 2.75) is 57.7 Å². The molecule has 0 aromatic heterocycles. The van der Waals surface area contributed by atoms with Gasteiger partial charge in [0.25, 0.3) is 0 Å². The average Bonchev–Trinajstić information content (AvgIpc) is 3.26. The van der Waals surface area contributed by atoms with E-state index in [-0.39, 0.29) is 24.6 Å². The fourth-order valence-electron chi connectivity index (χ4n) is 3.65. The predicted molar refractivity (Wildman–Crippen MR) is 117 cm³/mol. The molecule has 3 amide bonds. The summed E-state index contributed by atoms with van der Waals surface area (Å²) in [6.45, 7) is 3.66. The zero-order valence-electron chi connectivity index (χ0n) is 18.4. The van der Waals surface area contributed by atoms with Crippen molar-refractivity contribution in [2.24, 2.45) is 11.7 Å². The molecule has 176 valence electrons. The maximum absolute atomic E-state index is 13.0. The van der Waals surface area contributed by atoms with Crippen LogP contribution in [0.1, 0.15) is 38.7 Å². The minimum atomic E-state index is -1.06. The van der Waals surface area contributed by atoms with Gasteiger partial charge in [0.15, 0.2) is 0 Å². The first kappa shape index (κ1) is 25.1. The molecule has 4 unspecified atom stereocenters. The number of hydrogen-bond acceptors (Lipinski definition) is 6. The molecule has 10 heteroatoms. The van der Waals surface area contributed by atoms with E-state index in [0.29, 0.717) is 25.8 Å². The number of nitrogens with zero attached hydrogens (tertiary/aromatic N) is 1. The van der Waals surface area contributed by atoms with E-state index >= 15 is 0 Å². The van der Waals surface area contributed by atoms with Crippen molar-refractivity contribution in [3.8, 4) is 5.75 Å². The Morgan fingerprint density at radius 1 is 1.22 bits per heavy atom. The summed E-state index contributed by atoms with van der Waals surface area (Å²) in [5.41, 5.74) is 6.66. The number of carboxylic acids is 1. The fraction of sp³-hybridized carbons (Fsp3) is 0.545. The van der Waals surface area contributed by atoms with E-state index in [2.05, 4.69) is 10.6 Å². The number of carbonyl (C=O) groups excluding carboxylic acids is 3. The van der Waals surface area contributed by atoms with Gasteiger partial charge in [0.1, 0.15) is 17.8 Å². The lowest BCUT2D eigenvalue weighted by Gasteiger charge is -2.30. The molecule has 1 aliphatic rings. The SMILES string of the molecule is CCC(C)C(NC(=O)CNC(=O)C(N)Cc1ccc(O)cc1)C(=O)N1CCCC1C(=O)O. The van der Waals surface area contributed by atoms with Gasteiger partial charge in [-0.3, -0.25) is 14.4 Å². The van der Waals surface area contributed by atoms with Gasteiger partial charge in [0.2, 0.25) is 17.7 Å². The summed E-state index contributed by atoms with van der Waals surface area (Å²) in [5, 5.41) is 23.8. The van der Waals surface area contributed by atoms with Crippen LogP contribution < -0.4 is 16.4 Å². The van der Waals surface area contributed by atoms with Gasteiger partial charge < -0.3 is 31.5 Å². The van der Waals surface area contributed by atoms with E-state index in [0.717, 1.165) is 5.56 Å². The molecule has 0 spiro atoms. The van der Waals surface area contributed by atoms with Gasteiger partial charge in [-0.2, -0.15) is 0 Å². The van der Waals surface area contributed by atoms with E-state index < -0.39 is 41.8 Å². The van der Waals surface area contributed by atoms with Crippen LogP contribution in [0.25, 0.3) is 0 Å². The summed E-state index contributed by atoms with van der Waals surface area (Å²) < 4.78 is 0. The fourth-order valence-corrected chi connectivity index (χ4v) is 3.65. The molecular formula is C22H32N4O6. The molecule has 0 saturated carbocycles. The highest BCUT2D eigenvalue weighted by molar-refractivity contribution is 5.93. The predicted octanol–water partition coefficient (Wildman–Crippen LogP) is -0.0153. The molecule has 6 N–H and O–H groups in total. The van der Waals surface area contributed by atoms with Crippen LogP contribution in [0, 0.1) is 5.92 Å². The van der Waals surface area contributed by atoms with Crippen molar-refractivity contribution in [1.29, 1.82) is 0 Å². The summed E-state index contributed by atoms with van der Waals surface area (Å²) in [6, 6.07) is 3.64. The molecule has 0 radical (unpaired) electrons. The second kappa shape index (κ2) is 11.5. The Bertz CT molecular complexity index is 828. The molecule has 0 bridgehead atoms. The van der Waals surface area contributed by atoms with Crippen LogP contribution in [0.3, 0.4) is 0 Å². The van der Waals surface area contributed by atoms with Crippen molar-refractivity contribution < 1.29 is 29.4 Å². The number of carboxylic acid groups (broad SMARTS) is 1. The molecule has 1 saturated heterocycles. The molecule has 4 atom stereocenters. The molecule has 1 aromatic carbocycles. The molecule has 1 fully saturated rings. The van der Waals surface area contributed by atoms with Gasteiger partial charge in [0, 0.05) is 6.54 Å².